The van der Waals surface area contributed by atoms with Crippen LogP contribution in [-0.2, 0) is 0 Å². The largest absolute Gasteiger partial charge is 0.481 e. The van der Waals surface area contributed by atoms with Gasteiger partial charge in [-0.3, -0.25) is 4.99 Å². The highest BCUT2D eigenvalue weighted by Gasteiger charge is 2.01. The predicted molar refractivity (Wildman–Crippen MR) is 46.5 cm³/mol. The number of anilines is 1. The summed E-state index contributed by atoms with van der Waals surface area (Å²) in [4.78, 5) is 7.73. The second kappa shape index (κ2) is 3.79. The fraction of sp³-hybridized carbons (Fsp3) is 0.429. The molecule has 0 aliphatic rings. The molecule has 3 N–H and O–H groups in total. The van der Waals surface area contributed by atoms with Crippen LogP contribution in [0, 0.1) is 0 Å². The summed E-state index contributed by atoms with van der Waals surface area (Å²) in [5.41, 5.74) is 5.71. The summed E-state index contributed by atoms with van der Waals surface area (Å²) in [6.45, 7) is 2.40. The molecule has 0 saturated carbocycles. The highest BCUT2D eigenvalue weighted by Crippen LogP contribution is 2.02. The Labute approximate surface area is 75.3 Å². The second-order valence-corrected chi connectivity index (χ2v) is 2.30. The van der Waals surface area contributed by atoms with E-state index in [1.54, 1.807) is 0 Å². The number of aromatic nitrogens is 2. The van der Waals surface area contributed by atoms with Gasteiger partial charge in [0.25, 0.3) is 0 Å². The average Bonchev–Trinajstić information content (AvgIpc) is 2.13. The number of hydrogen-bond donors (Lipinski definition) is 2. The number of ether oxygens (including phenoxy) is 1. The van der Waals surface area contributed by atoms with Crippen molar-refractivity contribution in [2.24, 2.45) is 4.99 Å². The van der Waals surface area contributed by atoms with Gasteiger partial charge in [0.15, 0.2) is 5.49 Å². The van der Waals surface area contributed by atoms with Crippen LogP contribution in [0.3, 0.4) is 0 Å². The molecule has 6 nitrogen and oxygen atoms in total. The molecule has 1 aromatic heterocycles. The summed E-state index contributed by atoms with van der Waals surface area (Å²) >= 11 is 0. The lowest BCUT2D eigenvalue weighted by atomic mass is 10.6. The van der Waals surface area contributed by atoms with Gasteiger partial charge in [-0.05, 0) is 6.92 Å². The van der Waals surface area contributed by atoms with E-state index in [1.807, 2.05) is 6.92 Å². The molecule has 0 radical (unpaired) electrons. The summed E-state index contributed by atoms with van der Waals surface area (Å²) in [6.07, 6.45) is 0. The zero-order valence-electron chi connectivity index (χ0n) is 7.56. The summed E-state index contributed by atoms with van der Waals surface area (Å²) in [5.74, 6) is 0.279. The summed E-state index contributed by atoms with van der Waals surface area (Å²) < 4.78 is 5.58. The molecule has 0 unspecified atom stereocenters. The maximum atomic E-state index is 9.33. The van der Waals surface area contributed by atoms with Gasteiger partial charge in [-0.15, -0.1) is 4.73 Å². The molecule has 0 aliphatic heterocycles. The van der Waals surface area contributed by atoms with Crippen LogP contribution in [-0.4, -0.2) is 28.6 Å². The van der Waals surface area contributed by atoms with Gasteiger partial charge in [0, 0.05) is 12.6 Å². The van der Waals surface area contributed by atoms with E-state index in [9.17, 15) is 5.21 Å². The molecule has 0 atom stereocenters. The summed E-state index contributed by atoms with van der Waals surface area (Å²) in [6, 6.07) is 1.50. The maximum Gasteiger partial charge on any atom is 0.239 e. The first-order chi connectivity index (χ1) is 6.19. The highest BCUT2D eigenvalue weighted by atomic mass is 16.5. The molecule has 0 fully saturated rings. The van der Waals surface area contributed by atoms with E-state index in [2.05, 4.69) is 9.98 Å². The number of nitrogen functional groups attached to an aromatic ring is 1. The molecule has 1 aromatic rings. The SMILES string of the molecule is CCN=c1cc(OC)nc(N)n1O. The maximum absolute atomic E-state index is 9.33. The van der Waals surface area contributed by atoms with Gasteiger partial charge in [0.05, 0.1) is 7.11 Å². The topological polar surface area (TPSA) is 85.7 Å². The Hall–Kier alpha value is -1.72. The standard InChI is InChI=1S/C7H12N4O2/c1-3-9-5-4-6(13-2)10-7(8)11(5)12/h4,12H,3H2,1-2H3,(H2,8,10). The van der Waals surface area contributed by atoms with Crippen molar-refractivity contribution in [2.45, 2.75) is 6.92 Å². The van der Waals surface area contributed by atoms with Gasteiger partial charge in [0.2, 0.25) is 11.8 Å². The van der Waals surface area contributed by atoms with Gasteiger partial charge in [-0.1, -0.05) is 0 Å². The van der Waals surface area contributed by atoms with Crippen molar-refractivity contribution in [1.82, 2.24) is 9.71 Å². The third kappa shape index (κ3) is 1.90. The van der Waals surface area contributed by atoms with Crippen LogP contribution < -0.4 is 16.0 Å². The molecule has 1 heterocycles. The lowest BCUT2D eigenvalue weighted by Crippen LogP contribution is -2.23. The van der Waals surface area contributed by atoms with Crippen LogP contribution in [0.25, 0.3) is 0 Å². The molecule has 0 saturated heterocycles. The Kier molecular flexibility index (Phi) is 2.73. The number of rotatable bonds is 2. The van der Waals surface area contributed by atoms with E-state index in [1.165, 1.54) is 13.2 Å². The van der Waals surface area contributed by atoms with Crippen LogP contribution in [0.1, 0.15) is 6.92 Å². The molecule has 0 amide bonds. The van der Waals surface area contributed by atoms with Gasteiger partial charge in [-0.25, -0.2) is 0 Å². The minimum absolute atomic E-state index is 0.0495. The molecule has 0 spiro atoms. The van der Waals surface area contributed by atoms with Crippen molar-refractivity contribution >= 4 is 5.95 Å². The molecule has 1 rings (SSSR count). The quantitative estimate of drug-likeness (QED) is 0.614. The fourth-order valence-corrected chi connectivity index (χ4v) is 0.861. The molecular formula is C7H12N4O2. The van der Waals surface area contributed by atoms with E-state index in [0.29, 0.717) is 22.6 Å². The van der Waals surface area contributed by atoms with E-state index in [-0.39, 0.29) is 5.95 Å². The third-order valence-corrected chi connectivity index (χ3v) is 1.44. The Morgan fingerprint density at radius 1 is 1.77 bits per heavy atom. The molecular weight excluding hydrogens is 172 g/mol. The van der Waals surface area contributed by atoms with Crippen molar-refractivity contribution < 1.29 is 9.94 Å². The van der Waals surface area contributed by atoms with Crippen LogP contribution in [0.5, 0.6) is 5.88 Å². The summed E-state index contributed by atoms with van der Waals surface area (Å²) in [5, 5.41) is 9.33. The predicted octanol–water partition coefficient (Wildman–Crippen LogP) is -0.368. The number of hydrogen-bond acceptors (Lipinski definition) is 5. The van der Waals surface area contributed by atoms with Crippen LogP contribution >= 0.6 is 0 Å². The van der Waals surface area contributed by atoms with Gasteiger partial charge in [-0.2, -0.15) is 4.98 Å². The van der Waals surface area contributed by atoms with Gasteiger partial charge >= 0.3 is 0 Å². The Bertz CT molecular complexity index is 358. The lowest BCUT2D eigenvalue weighted by molar-refractivity contribution is 0.173. The van der Waals surface area contributed by atoms with E-state index < -0.39 is 0 Å². The molecule has 13 heavy (non-hydrogen) atoms. The Morgan fingerprint density at radius 3 is 3.00 bits per heavy atom. The van der Waals surface area contributed by atoms with Crippen molar-refractivity contribution in [3.8, 4) is 5.88 Å². The number of nitrogens with two attached hydrogens (primary N) is 1. The van der Waals surface area contributed by atoms with Crippen molar-refractivity contribution in [2.75, 3.05) is 19.4 Å². The van der Waals surface area contributed by atoms with Crippen LogP contribution in [0.4, 0.5) is 5.95 Å². The molecule has 0 aliphatic carbocycles. The van der Waals surface area contributed by atoms with Crippen molar-refractivity contribution in [3.05, 3.63) is 11.6 Å². The van der Waals surface area contributed by atoms with Gasteiger partial charge in [0.1, 0.15) is 0 Å². The highest BCUT2D eigenvalue weighted by molar-refractivity contribution is 5.21. The molecule has 72 valence electrons. The lowest BCUT2D eigenvalue weighted by Gasteiger charge is -2.04. The number of methoxy groups -OCH3 is 1. The third-order valence-electron chi connectivity index (χ3n) is 1.44. The molecule has 0 aromatic carbocycles. The van der Waals surface area contributed by atoms with Crippen LogP contribution in [0.2, 0.25) is 0 Å². The smallest absolute Gasteiger partial charge is 0.239 e. The summed E-state index contributed by atoms with van der Waals surface area (Å²) in [7, 11) is 1.47. The van der Waals surface area contributed by atoms with Crippen LogP contribution in [0.15, 0.2) is 11.1 Å². The van der Waals surface area contributed by atoms with E-state index in [4.69, 9.17) is 10.5 Å². The minimum atomic E-state index is -0.0495. The fourth-order valence-electron chi connectivity index (χ4n) is 0.861. The van der Waals surface area contributed by atoms with E-state index in [0.717, 1.165) is 0 Å². The molecule has 6 heteroatoms. The van der Waals surface area contributed by atoms with Crippen molar-refractivity contribution in [3.63, 3.8) is 0 Å². The molecule has 0 bridgehead atoms. The number of nitrogens with zero attached hydrogens (tertiary/aromatic N) is 3. The second-order valence-electron chi connectivity index (χ2n) is 2.30. The monoisotopic (exact) mass is 184 g/mol. The zero-order chi connectivity index (χ0) is 9.84. The average molecular weight is 184 g/mol. The van der Waals surface area contributed by atoms with Crippen molar-refractivity contribution in [1.29, 1.82) is 0 Å². The first-order valence-corrected chi connectivity index (χ1v) is 3.82. The van der Waals surface area contributed by atoms with Gasteiger partial charge < -0.3 is 15.7 Å². The Balaban J connectivity index is 3.33. The minimum Gasteiger partial charge on any atom is -0.481 e. The first-order valence-electron chi connectivity index (χ1n) is 3.82. The first kappa shape index (κ1) is 9.37. The van der Waals surface area contributed by atoms with E-state index >= 15 is 0 Å². The normalized spacial score (nSPS) is 11.7. The zero-order valence-corrected chi connectivity index (χ0v) is 7.56. The Morgan fingerprint density at radius 2 is 2.46 bits per heavy atom.